The molecule has 0 aliphatic rings. The number of aryl methyl sites for hydroxylation is 1. The van der Waals surface area contributed by atoms with Crippen LogP contribution in [0.25, 0.3) is 0 Å². The van der Waals surface area contributed by atoms with Crippen LogP contribution >= 0.6 is 15.9 Å². The minimum atomic E-state index is -0.222. The first kappa shape index (κ1) is 12.2. The van der Waals surface area contributed by atoms with Crippen LogP contribution in [0.5, 0.6) is 0 Å². The number of alkyl halides is 1. The Labute approximate surface area is 97.5 Å². The number of nitrogens with one attached hydrogen (secondary N) is 1. The lowest BCUT2D eigenvalue weighted by molar-refractivity contribution is 0.0916. The van der Waals surface area contributed by atoms with Gasteiger partial charge in [0.05, 0.1) is 5.69 Å². The average Bonchev–Trinajstić information content (AvgIpc) is 2.60. The molecule has 1 unspecified atom stereocenters. The van der Waals surface area contributed by atoms with Crippen molar-refractivity contribution in [2.24, 2.45) is 5.92 Å². The van der Waals surface area contributed by atoms with Crippen molar-refractivity contribution in [2.45, 2.75) is 25.6 Å². The zero-order valence-corrected chi connectivity index (χ0v) is 10.7. The van der Waals surface area contributed by atoms with Crippen LogP contribution in [0.1, 0.15) is 30.1 Å². The van der Waals surface area contributed by atoms with E-state index in [2.05, 4.69) is 40.3 Å². The Morgan fingerprint density at radius 3 is 2.80 bits per heavy atom. The zero-order chi connectivity index (χ0) is 11.4. The molecule has 0 aliphatic carbocycles. The van der Waals surface area contributed by atoms with Crippen molar-refractivity contribution in [3.05, 3.63) is 17.5 Å². The lowest BCUT2D eigenvalue weighted by Gasteiger charge is -2.13. The van der Waals surface area contributed by atoms with Gasteiger partial charge in [-0.2, -0.15) is 0 Å². The smallest absolute Gasteiger partial charge is 0.289 e. The molecule has 0 spiro atoms. The van der Waals surface area contributed by atoms with Gasteiger partial charge in [-0.05, 0) is 12.8 Å². The Morgan fingerprint density at radius 1 is 1.67 bits per heavy atom. The summed E-state index contributed by atoms with van der Waals surface area (Å²) >= 11 is 3.49. The molecule has 1 amide bonds. The highest BCUT2D eigenvalue weighted by Crippen LogP contribution is 2.10. The molecule has 84 valence electrons. The SMILES string of the molecule is Cc1cc(C(=O)NCC(Br)C(C)C)on1. The Hall–Kier alpha value is -0.840. The van der Waals surface area contributed by atoms with Gasteiger partial charge in [-0.1, -0.05) is 34.9 Å². The minimum Gasteiger partial charge on any atom is -0.351 e. The number of amides is 1. The Kier molecular flexibility index (Phi) is 4.32. The van der Waals surface area contributed by atoms with Gasteiger partial charge in [-0.3, -0.25) is 4.79 Å². The molecule has 0 fully saturated rings. The van der Waals surface area contributed by atoms with Crippen LogP contribution in [0.15, 0.2) is 10.6 Å². The summed E-state index contributed by atoms with van der Waals surface area (Å²) < 4.78 is 4.84. The van der Waals surface area contributed by atoms with E-state index in [4.69, 9.17) is 4.52 Å². The molecule has 4 nitrogen and oxygen atoms in total. The first-order valence-electron chi connectivity index (χ1n) is 4.86. The molecule has 0 saturated heterocycles. The normalized spacial score (nSPS) is 12.9. The van der Waals surface area contributed by atoms with Crippen molar-refractivity contribution >= 4 is 21.8 Å². The molecule has 1 aromatic rings. The number of nitrogens with zero attached hydrogens (tertiary/aromatic N) is 1. The second-order valence-corrected chi connectivity index (χ2v) is 4.98. The number of hydrogen-bond acceptors (Lipinski definition) is 3. The highest BCUT2D eigenvalue weighted by atomic mass is 79.9. The largest absolute Gasteiger partial charge is 0.351 e. The molecule has 0 aliphatic heterocycles. The van der Waals surface area contributed by atoms with E-state index in [1.54, 1.807) is 13.0 Å². The van der Waals surface area contributed by atoms with Crippen LogP contribution < -0.4 is 5.32 Å². The molecule has 0 aromatic carbocycles. The second-order valence-electron chi connectivity index (χ2n) is 3.80. The van der Waals surface area contributed by atoms with Gasteiger partial charge in [0.15, 0.2) is 0 Å². The quantitative estimate of drug-likeness (QED) is 0.856. The summed E-state index contributed by atoms with van der Waals surface area (Å²) in [7, 11) is 0. The third-order valence-corrected chi connectivity index (χ3v) is 3.41. The second kappa shape index (κ2) is 5.30. The lowest BCUT2D eigenvalue weighted by Crippen LogP contribution is -2.31. The monoisotopic (exact) mass is 274 g/mol. The molecule has 0 bridgehead atoms. The van der Waals surface area contributed by atoms with Gasteiger partial charge in [-0.15, -0.1) is 0 Å². The number of aromatic nitrogens is 1. The maximum Gasteiger partial charge on any atom is 0.289 e. The maximum atomic E-state index is 11.5. The van der Waals surface area contributed by atoms with Gasteiger partial charge < -0.3 is 9.84 Å². The van der Waals surface area contributed by atoms with Crippen molar-refractivity contribution in [1.82, 2.24) is 10.5 Å². The van der Waals surface area contributed by atoms with E-state index in [-0.39, 0.29) is 16.5 Å². The van der Waals surface area contributed by atoms with E-state index >= 15 is 0 Å². The van der Waals surface area contributed by atoms with Gasteiger partial charge in [0, 0.05) is 17.4 Å². The molecule has 15 heavy (non-hydrogen) atoms. The fraction of sp³-hybridized carbons (Fsp3) is 0.600. The van der Waals surface area contributed by atoms with Crippen molar-refractivity contribution in [3.63, 3.8) is 0 Å². The predicted molar refractivity (Wildman–Crippen MR) is 61.1 cm³/mol. The summed E-state index contributed by atoms with van der Waals surface area (Å²) in [5.74, 6) is 0.512. The van der Waals surface area contributed by atoms with Gasteiger partial charge in [0.1, 0.15) is 0 Å². The first-order valence-corrected chi connectivity index (χ1v) is 5.78. The van der Waals surface area contributed by atoms with E-state index < -0.39 is 0 Å². The predicted octanol–water partition coefficient (Wildman–Crippen LogP) is 2.13. The van der Waals surface area contributed by atoms with E-state index in [0.717, 1.165) is 0 Å². The molecule has 1 aromatic heterocycles. The Bertz CT molecular complexity index is 336. The fourth-order valence-corrected chi connectivity index (χ4v) is 1.15. The summed E-state index contributed by atoms with van der Waals surface area (Å²) in [4.78, 5) is 11.8. The molecule has 1 heterocycles. The number of hydrogen-bond donors (Lipinski definition) is 1. The third kappa shape index (κ3) is 3.66. The van der Waals surface area contributed by atoms with Crippen LogP contribution in [0.3, 0.4) is 0 Å². The van der Waals surface area contributed by atoms with Crippen molar-refractivity contribution in [2.75, 3.05) is 6.54 Å². The number of carbonyl (C=O) groups is 1. The number of carbonyl (C=O) groups excluding carboxylic acids is 1. The molecule has 0 radical (unpaired) electrons. The molecular formula is C10H15BrN2O2. The molecule has 1 atom stereocenters. The van der Waals surface area contributed by atoms with E-state index in [1.807, 2.05) is 0 Å². The van der Waals surface area contributed by atoms with Gasteiger partial charge in [0.2, 0.25) is 5.76 Å². The van der Waals surface area contributed by atoms with Crippen LogP contribution in [0.2, 0.25) is 0 Å². The summed E-state index contributed by atoms with van der Waals surface area (Å²) in [5, 5.41) is 6.43. The summed E-state index contributed by atoms with van der Waals surface area (Å²) in [6, 6.07) is 1.62. The fourth-order valence-electron chi connectivity index (χ4n) is 0.984. The summed E-state index contributed by atoms with van der Waals surface area (Å²) in [6.07, 6.45) is 0. The maximum absolute atomic E-state index is 11.5. The van der Waals surface area contributed by atoms with Crippen LogP contribution in [-0.4, -0.2) is 22.4 Å². The van der Waals surface area contributed by atoms with Gasteiger partial charge >= 0.3 is 0 Å². The Balaban J connectivity index is 2.43. The van der Waals surface area contributed by atoms with E-state index in [9.17, 15) is 4.79 Å². The number of rotatable bonds is 4. The van der Waals surface area contributed by atoms with Crippen molar-refractivity contribution < 1.29 is 9.32 Å². The highest BCUT2D eigenvalue weighted by Gasteiger charge is 2.14. The van der Waals surface area contributed by atoms with Crippen LogP contribution in [0, 0.1) is 12.8 Å². The van der Waals surface area contributed by atoms with E-state index in [1.165, 1.54) is 0 Å². The topological polar surface area (TPSA) is 55.1 Å². The van der Waals surface area contributed by atoms with Gasteiger partial charge in [-0.25, -0.2) is 0 Å². The summed E-state index contributed by atoms with van der Waals surface area (Å²) in [6.45, 7) is 6.53. The van der Waals surface area contributed by atoms with Crippen molar-refractivity contribution in [1.29, 1.82) is 0 Å². The lowest BCUT2D eigenvalue weighted by atomic mass is 10.1. The molecule has 1 N–H and O–H groups in total. The van der Waals surface area contributed by atoms with Crippen LogP contribution in [0.4, 0.5) is 0 Å². The molecule has 0 saturated carbocycles. The number of halogens is 1. The zero-order valence-electron chi connectivity index (χ0n) is 9.08. The Morgan fingerprint density at radius 2 is 2.33 bits per heavy atom. The molecule has 5 heteroatoms. The van der Waals surface area contributed by atoms with Crippen molar-refractivity contribution in [3.8, 4) is 0 Å². The minimum absolute atomic E-state index is 0.222. The molecular weight excluding hydrogens is 260 g/mol. The third-order valence-electron chi connectivity index (χ3n) is 2.03. The van der Waals surface area contributed by atoms with E-state index in [0.29, 0.717) is 18.2 Å². The van der Waals surface area contributed by atoms with Crippen LogP contribution in [-0.2, 0) is 0 Å². The highest BCUT2D eigenvalue weighted by molar-refractivity contribution is 9.09. The average molecular weight is 275 g/mol. The molecule has 1 rings (SSSR count). The van der Waals surface area contributed by atoms with Gasteiger partial charge in [0.25, 0.3) is 5.91 Å². The first-order chi connectivity index (χ1) is 7.00. The standard InChI is InChI=1S/C10H15BrN2O2/c1-6(2)8(11)5-12-10(14)9-4-7(3)13-15-9/h4,6,8H,5H2,1-3H3,(H,12,14). The summed E-state index contributed by atoms with van der Waals surface area (Å²) in [5.41, 5.74) is 0.708.